The summed E-state index contributed by atoms with van der Waals surface area (Å²) < 4.78 is 26.0. The maximum atomic E-state index is 13.4. The summed E-state index contributed by atoms with van der Waals surface area (Å²) in [5.41, 5.74) is 0.365. The maximum Gasteiger partial charge on any atom is 0.220 e. The second kappa shape index (κ2) is 3.96. The van der Waals surface area contributed by atoms with E-state index in [2.05, 4.69) is 5.32 Å². The summed E-state index contributed by atoms with van der Waals surface area (Å²) in [6.07, 6.45) is 1.93. The lowest BCUT2D eigenvalue weighted by Gasteiger charge is -2.23. The number of piperidine rings is 1. The van der Waals surface area contributed by atoms with Crippen molar-refractivity contribution in [1.82, 2.24) is 5.32 Å². The number of rotatable bonds is 1. The van der Waals surface area contributed by atoms with Gasteiger partial charge < -0.3 is 5.32 Å². The molecule has 0 aliphatic carbocycles. The molecule has 0 spiro atoms. The van der Waals surface area contributed by atoms with E-state index in [4.69, 9.17) is 0 Å². The molecule has 1 atom stereocenters. The first-order chi connectivity index (χ1) is 7.16. The largest absolute Gasteiger partial charge is 0.349 e. The number of carbonyl (C=O) groups excluding carboxylic acids is 1. The van der Waals surface area contributed by atoms with Gasteiger partial charge in [0.1, 0.15) is 11.6 Å². The van der Waals surface area contributed by atoms with Gasteiger partial charge in [0.2, 0.25) is 5.91 Å². The van der Waals surface area contributed by atoms with Crippen molar-refractivity contribution in [3.05, 3.63) is 35.4 Å². The molecule has 80 valence electrons. The Morgan fingerprint density at radius 3 is 2.80 bits per heavy atom. The average molecular weight is 211 g/mol. The van der Waals surface area contributed by atoms with Gasteiger partial charge >= 0.3 is 0 Å². The fourth-order valence-corrected chi connectivity index (χ4v) is 1.82. The first-order valence-corrected chi connectivity index (χ1v) is 4.91. The van der Waals surface area contributed by atoms with Crippen LogP contribution in [0.25, 0.3) is 0 Å². The summed E-state index contributed by atoms with van der Waals surface area (Å²) >= 11 is 0. The minimum absolute atomic E-state index is 0.0741. The van der Waals surface area contributed by atoms with Crippen molar-refractivity contribution < 1.29 is 13.6 Å². The highest BCUT2D eigenvalue weighted by atomic mass is 19.1. The Balaban J connectivity index is 2.24. The van der Waals surface area contributed by atoms with E-state index >= 15 is 0 Å². The molecule has 1 aliphatic rings. The summed E-state index contributed by atoms with van der Waals surface area (Å²) in [6.45, 7) is 0. The number of nitrogens with one attached hydrogen (secondary N) is 1. The molecular weight excluding hydrogens is 200 g/mol. The molecule has 1 fully saturated rings. The third kappa shape index (κ3) is 2.14. The molecule has 1 aromatic rings. The van der Waals surface area contributed by atoms with Gasteiger partial charge in [-0.25, -0.2) is 8.78 Å². The first kappa shape index (κ1) is 10.1. The predicted octanol–water partition coefficient (Wildman–Crippen LogP) is 2.31. The van der Waals surface area contributed by atoms with Gasteiger partial charge in [-0.1, -0.05) is 6.07 Å². The standard InChI is InChI=1S/C11H11F2NO/c12-7-4-5-8(9(13)6-7)10-2-1-3-11(15)14-10/h4-6,10H,1-3H2,(H,14,15). The number of carbonyl (C=O) groups is 1. The minimum atomic E-state index is -0.599. The Morgan fingerprint density at radius 1 is 1.33 bits per heavy atom. The number of hydrogen-bond donors (Lipinski definition) is 1. The molecule has 1 aromatic carbocycles. The van der Waals surface area contributed by atoms with Gasteiger partial charge in [-0.05, 0) is 18.9 Å². The van der Waals surface area contributed by atoms with E-state index in [1.54, 1.807) is 0 Å². The van der Waals surface area contributed by atoms with Crippen LogP contribution in [0.3, 0.4) is 0 Å². The number of hydrogen-bond acceptors (Lipinski definition) is 1. The van der Waals surface area contributed by atoms with Crippen LogP contribution in [0.4, 0.5) is 8.78 Å². The predicted molar refractivity (Wildman–Crippen MR) is 51.1 cm³/mol. The molecule has 1 N–H and O–H groups in total. The smallest absolute Gasteiger partial charge is 0.220 e. The van der Waals surface area contributed by atoms with Crippen LogP contribution < -0.4 is 5.32 Å². The highest BCUT2D eigenvalue weighted by Gasteiger charge is 2.22. The Labute approximate surface area is 86.3 Å². The summed E-state index contributed by atoms with van der Waals surface area (Å²) in [4.78, 5) is 11.1. The quantitative estimate of drug-likeness (QED) is 0.758. The molecule has 15 heavy (non-hydrogen) atoms. The van der Waals surface area contributed by atoms with E-state index in [1.165, 1.54) is 12.1 Å². The van der Waals surface area contributed by atoms with E-state index in [0.29, 0.717) is 18.4 Å². The van der Waals surface area contributed by atoms with E-state index in [1.807, 2.05) is 0 Å². The van der Waals surface area contributed by atoms with E-state index in [9.17, 15) is 13.6 Å². The molecular formula is C11H11F2NO. The van der Waals surface area contributed by atoms with Crippen LogP contribution in [0, 0.1) is 11.6 Å². The monoisotopic (exact) mass is 211 g/mol. The zero-order valence-corrected chi connectivity index (χ0v) is 8.09. The molecule has 0 radical (unpaired) electrons. The van der Waals surface area contributed by atoms with Gasteiger partial charge in [-0.3, -0.25) is 4.79 Å². The highest BCUT2D eigenvalue weighted by molar-refractivity contribution is 5.77. The number of halogens is 2. The molecule has 0 saturated carbocycles. The summed E-state index contributed by atoms with van der Waals surface area (Å²) in [5, 5.41) is 2.69. The van der Waals surface area contributed by atoms with Crippen molar-refractivity contribution in [2.24, 2.45) is 0 Å². The van der Waals surface area contributed by atoms with E-state index < -0.39 is 11.6 Å². The third-order valence-electron chi connectivity index (χ3n) is 2.57. The van der Waals surface area contributed by atoms with Crippen molar-refractivity contribution in [3.8, 4) is 0 Å². The Kier molecular flexibility index (Phi) is 2.66. The Morgan fingerprint density at radius 2 is 2.13 bits per heavy atom. The molecule has 2 rings (SSSR count). The summed E-state index contributed by atoms with van der Waals surface area (Å²) in [5.74, 6) is -1.27. The van der Waals surface area contributed by atoms with Crippen LogP contribution in [0.5, 0.6) is 0 Å². The van der Waals surface area contributed by atoms with Crippen molar-refractivity contribution in [2.75, 3.05) is 0 Å². The van der Waals surface area contributed by atoms with Gasteiger partial charge in [0.05, 0.1) is 6.04 Å². The molecule has 1 unspecified atom stereocenters. The number of amides is 1. The molecule has 1 heterocycles. The zero-order valence-electron chi connectivity index (χ0n) is 8.09. The molecule has 0 bridgehead atoms. The Hall–Kier alpha value is -1.45. The van der Waals surface area contributed by atoms with E-state index in [-0.39, 0.29) is 11.9 Å². The lowest BCUT2D eigenvalue weighted by molar-refractivity contribution is -0.123. The van der Waals surface area contributed by atoms with Crippen LogP contribution in [0.2, 0.25) is 0 Å². The molecule has 2 nitrogen and oxygen atoms in total. The van der Waals surface area contributed by atoms with Gasteiger partial charge in [-0.2, -0.15) is 0 Å². The fourth-order valence-electron chi connectivity index (χ4n) is 1.82. The highest BCUT2D eigenvalue weighted by Crippen LogP contribution is 2.25. The van der Waals surface area contributed by atoms with Crippen molar-refractivity contribution in [1.29, 1.82) is 0 Å². The minimum Gasteiger partial charge on any atom is -0.349 e. The van der Waals surface area contributed by atoms with Crippen LogP contribution in [0.1, 0.15) is 30.9 Å². The topological polar surface area (TPSA) is 29.1 Å². The zero-order chi connectivity index (χ0) is 10.8. The first-order valence-electron chi connectivity index (χ1n) is 4.91. The second-order valence-electron chi connectivity index (χ2n) is 3.68. The van der Waals surface area contributed by atoms with Crippen LogP contribution in [-0.4, -0.2) is 5.91 Å². The maximum absolute atomic E-state index is 13.4. The van der Waals surface area contributed by atoms with Crippen molar-refractivity contribution in [3.63, 3.8) is 0 Å². The molecule has 0 aromatic heterocycles. The molecule has 4 heteroatoms. The summed E-state index contributed by atoms with van der Waals surface area (Å²) in [6, 6.07) is 3.13. The average Bonchev–Trinajstić information content (AvgIpc) is 2.17. The van der Waals surface area contributed by atoms with Crippen LogP contribution in [0.15, 0.2) is 18.2 Å². The SMILES string of the molecule is O=C1CCCC(c2ccc(F)cc2F)N1. The fraction of sp³-hybridized carbons (Fsp3) is 0.364. The van der Waals surface area contributed by atoms with Gasteiger partial charge in [-0.15, -0.1) is 0 Å². The summed E-state index contributed by atoms with van der Waals surface area (Å²) in [7, 11) is 0. The van der Waals surface area contributed by atoms with Crippen LogP contribution in [-0.2, 0) is 4.79 Å². The van der Waals surface area contributed by atoms with Gasteiger partial charge in [0.25, 0.3) is 0 Å². The normalized spacial score (nSPS) is 21.2. The van der Waals surface area contributed by atoms with Crippen LogP contribution >= 0.6 is 0 Å². The van der Waals surface area contributed by atoms with Crippen molar-refractivity contribution >= 4 is 5.91 Å². The van der Waals surface area contributed by atoms with Gasteiger partial charge in [0.15, 0.2) is 0 Å². The molecule has 1 saturated heterocycles. The van der Waals surface area contributed by atoms with Crippen molar-refractivity contribution in [2.45, 2.75) is 25.3 Å². The molecule has 1 aliphatic heterocycles. The van der Waals surface area contributed by atoms with E-state index in [0.717, 1.165) is 12.5 Å². The molecule has 1 amide bonds. The Bertz CT molecular complexity index is 392. The lowest BCUT2D eigenvalue weighted by atomic mass is 9.97. The lowest BCUT2D eigenvalue weighted by Crippen LogP contribution is -2.32. The third-order valence-corrected chi connectivity index (χ3v) is 2.57. The van der Waals surface area contributed by atoms with Gasteiger partial charge in [0, 0.05) is 18.1 Å². The second-order valence-corrected chi connectivity index (χ2v) is 3.68. The number of benzene rings is 1.